The van der Waals surface area contributed by atoms with Gasteiger partial charge in [0.15, 0.2) is 0 Å². The Morgan fingerprint density at radius 3 is 2.38 bits per heavy atom. The quantitative estimate of drug-likeness (QED) is 0.189. The first-order valence-electron chi connectivity index (χ1n) is 17.2. The molecule has 206 valence electrons. The van der Waals surface area contributed by atoms with Gasteiger partial charge < -0.3 is 14.9 Å². The van der Waals surface area contributed by atoms with Crippen molar-refractivity contribution in [2.45, 2.75) is 45.7 Å². The Morgan fingerprint density at radius 2 is 1.68 bits per heavy atom. The monoisotopic (exact) mass is 717 g/mol. The van der Waals surface area contributed by atoms with Gasteiger partial charge in [0.2, 0.25) is 0 Å². The predicted molar refractivity (Wildman–Crippen MR) is 161 cm³/mol. The molecule has 3 aromatic carbocycles. The molecule has 0 saturated carbocycles. The van der Waals surface area contributed by atoms with E-state index in [0.29, 0.717) is 22.8 Å². The van der Waals surface area contributed by atoms with Crippen LogP contribution in [0.5, 0.6) is 5.75 Å². The number of phenolic OH excluding ortho intramolecular Hbond substituents is 1. The summed E-state index contributed by atoms with van der Waals surface area (Å²) in [5, 5.41) is 11.4. The standard InChI is InChI=1S/C34H33N4O.Pt/c1-21(2)24-20-25(34(3,4)5)23-15-16-26(36-32(23)33(24)39)22-14-17-28-30(19-22)38(31-13-9-10-18-35-31)29-12-8-7-11-27(29)37(28)6;/h7-18,20-21,39H,1-6H3;/q-1;/i3D3,4D3,5D3;. The predicted octanol–water partition coefficient (Wildman–Crippen LogP) is 8.77. The molecular formula is C34H33N4OPt-. The molecule has 0 aliphatic carbocycles. The molecule has 2 aromatic heterocycles. The van der Waals surface area contributed by atoms with E-state index in [-0.39, 0.29) is 43.3 Å². The van der Waals surface area contributed by atoms with Gasteiger partial charge in [0.25, 0.3) is 0 Å². The van der Waals surface area contributed by atoms with Crippen LogP contribution in [0.1, 0.15) is 63.8 Å². The number of hydrogen-bond donors (Lipinski definition) is 1. The van der Waals surface area contributed by atoms with Crippen molar-refractivity contribution in [2.24, 2.45) is 0 Å². The SMILES string of the molecule is [2H]C([2H])([2H])C(c1cc(C(C)C)c(O)c2nc(-c3[c-]c4c(cc3)N(C)c3ccccc3N4c3ccccn3)ccc12)(C([2H])([2H])[2H])C([2H])([2H])[2H].[Pt]. The number of aromatic nitrogens is 2. The van der Waals surface area contributed by atoms with Crippen molar-refractivity contribution in [2.75, 3.05) is 16.8 Å². The third kappa shape index (κ3) is 4.57. The minimum atomic E-state index is -3.48. The second-order valence-electron chi connectivity index (χ2n) is 10.0. The average molecular weight is 718 g/mol. The van der Waals surface area contributed by atoms with E-state index in [2.05, 4.69) is 11.1 Å². The van der Waals surface area contributed by atoms with Crippen LogP contribution < -0.4 is 9.80 Å². The Balaban J connectivity index is 0.00000468. The number of fused-ring (bicyclic) bond motifs is 3. The van der Waals surface area contributed by atoms with E-state index >= 15 is 0 Å². The van der Waals surface area contributed by atoms with Crippen LogP contribution in [-0.4, -0.2) is 22.1 Å². The molecule has 0 spiro atoms. The molecule has 40 heavy (non-hydrogen) atoms. The zero-order valence-corrected chi connectivity index (χ0v) is 24.4. The van der Waals surface area contributed by atoms with Crippen LogP contribution in [0.2, 0.25) is 0 Å². The molecule has 1 aliphatic rings. The third-order valence-electron chi connectivity index (χ3n) is 7.14. The van der Waals surface area contributed by atoms with E-state index < -0.39 is 37.5 Å². The van der Waals surface area contributed by atoms with E-state index in [1.807, 2.05) is 71.4 Å². The number of rotatable bonds is 3. The smallest absolute Gasteiger partial charge is 0.144 e. The van der Waals surface area contributed by atoms with Crippen LogP contribution in [0.3, 0.4) is 0 Å². The van der Waals surface area contributed by atoms with Crippen molar-refractivity contribution >= 4 is 39.5 Å². The van der Waals surface area contributed by atoms with Crippen LogP contribution in [0.25, 0.3) is 22.2 Å². The Kier molecular flexibility index (Phi) is 4.83. The van der Waals surface area contributed by atoms with Crippen molar-refractivity contribution in [1.82, 2.24) is 9.97 Å². The number of anilines is 5. The molecule has 1 N–H and O–H groups in total. The average Bonchev–Trinajstić information content (AvgIpc) is 3.00. The zero-order chi connectivity index (χ0) is 35.0. The van der Waals surface area contributed by atoms with Crippen molar-refractivity contribution in [3.05, 3.63) is 96.2 Å². The van der Waals surface area contributed by atoms with Gasteiger partial charge in [0.05, 0.1) is 11.4 Å². The molecule has 0 atom stereocenters. The molecule has 0 fully saturated rings. The summed E-state index contributed by atoms with van der Waals surface area (Å²) in [6.45, 7) is -6.99. The summed E-state index contributed by atoms with van der Waals surface area (Å²) in [6.07, 6.45) is 1.70. The van der Waals surface area contributed by atoms with Crippen molar-refractivity contribution < 1.29 is 38.5 Å². The fourth-order valence-electron chi connectivity index (χ4n) is 5.17. The molecule has 6 heteroatoms. The summed E-state index contributed by atoms with van der Waals surface area (Å²) in [5.74, 6) is -0.0554. The number of phenols is 1. The number of nitrogens with zero attached hydrogens (tertiary/aromatic N) is 4. The Bertz CT molecular complexity index is 1990. The third-order valence-corrected chi connectivity index (χ3v) is 7.14. The van der Waals surface area contributed by atoms with Crippen LogP contribution in [0, 0.1) is 6.07 Å². The van der Waals surface area contributed by atoms with Crippen LogP contribution in [0.4, 0.5) is 28.6 Å². The maximum atomic E-state index is 11.5. The number of hydrogen-bond acceptors (Lipinski definition) is 5. The fraction of sp³-hybridized carbons (Fsp3) is 0.235. The summed E-state index contributed by atoms with van der Waals surface area (Å²) in [6, 6.07) is 24.9. The topological polar surface area (TPSA) is 52.5 Å². The van der Waals surface area contributed by atoms with E-state index in [9.17, 15) is 5.11 Å². The first kappa shape index (κ1) is 18.6. The Morgan fingerprint density at radius 1 is 0.925 bits per heavy atom. The van der Waals surface area contributed by atoms with Gasteiger partial charge in [-0.15, -0.1) is 23.8 Å². The van der Waals surface area contributed by atoms with Gasteiger partial charge in [0, 0.05) is 52.0 Å². The second-order valence-corrected chi connectivity index (χ2v) is 10.0. The van der Waals surface area contributed by atoms with Gasteiger partial charge in [-0.3, -0.25) is 4.98 Å². The molecule has 6 rings (SSSR count). The van der Waals surface area contributed by atoms with Gasteiger partial charge in [-0.1, -0.05) is 70.8 Å². The van der Waals surface area contributed by atoms with Crippen molar-refractivity contribution in [1.29, 1.82) is 0 Å². The van der Waals surface area contributed by atoms with Gasteiger partial charge in [0.1, 0.15) is 17.1 Å². The number of pyridine rings is 2. The van der Waals surface area contributed by atoms with Crippen LogP contribution in [-0.2, 0) is 26.5 Å². The minimum absolute atomic E-state index is 0. The van der Waals surface area contributed by atoms with Gasteiger partial charge in [-0.05, 0) is 63.8 Å². The van der Waals surface area contributed by atoms with Crippen LogP contribution >= 0.6 is 0 Å². The summed E-state index contributed by atoms with van der Waals surface area (Å²) in [7, 11) is 1.95. The van der Waals surface area contributed by atoms with E-state index in [1.165, 1.54) is 12.1 Å². The van der Waals surface area contributed by atoms with E-state index in [1.54, 1.807) is 26.1 Å². The second kappa shape index (κ2) is 10.4. The number of benzene rings is 3. The first-order valence-corrected chi connectivity index (χ1v) is 12.7. The minimum Gasteiger partial charge on any atom is -0.505 e. The zero-order valence-electron chi connectivity index (χ0n) is 31.1. The molecule has 0 unspecified atom stereocenters. The van der Waals surface area contributed by atoms with E-state index in [0.717, 1.165) is 17.1 Å². The summed E-state index contributed by atoms with van der Waals surface area (Å²) >= 11 is 0. The molecule has 0 radical (unpaired) electrons. The van der Waals surface area contributed by atoms with Crippen molar-refractivity contribution in [3.8, 4) is 17.0 Å². The molecule has 5 aromatic rings. The normalized spacial score (nSPS) is 17.1. The Labute approximate surface area is 263 Å². The molecule has 0 saturated heterocycles. The first-order chi connectivity index (χ1) is 22.4. The van der Waals surface area contributed by atoms with Crippen molar-refractivity contribution in [3.63, 3.8) is 0 Å². The number of aromatic hydroxyl groups is 1. The maximum Gasteiger partial charge on any atom is 0.144 e. The molecule has 0 bridgehead atoms. The van der Waals surface area contributed by atoms with Gasteiger partial charge >= 0.3 is 0 Å². The maximum absolute atomic E-state index is 11.5. The molecular weight excluding hydrogens is 675 g/mol. The fourth-order valence-corrected chi connectivity index (χ4v) is 5.17. The van der Waals surface area contributed by atoms with Gasteiger partial charge in [-0.25, -0.2) is 4.98 Å². The molecule has 3 heterocycles. The largest absolute Gasteiger partial charge is 0.505 e. The van der Waals surface area contributed by atoms with Gasteiger partial charge in [-0.2, -0.15) is 0 Å². The van der Waals surface area contributed by atoms with Crippen LogP contribution in [0.15, 0.2) is 79.0 Å². The summed E-state index contributed by atoms with van der Waals surface area (Å²) in [5.41, 5.74) is 0.591. The molecule has 1 aliphatic heterocycles. The number of para-hydroxylation sites is 2. The Hall–Kier alpha value is -3.69. The summed E-state index contributed by atoms with van der Waals surface area (Å²) < 4.78 is 75.0. The molecule has 5 nitrogen and oxygen atoms in total. The van der Waals surface area contributed by atoms with E-state index in [4.69, 9.17) is 17.3 Å². The molecule has 0 amide bonds. The summed E-state index contributed by atoms with van der Waals surface area (Å²) in [4.78, 5) is 13.4.